The maximum atomic E-state index is 11.0. The topological polar surface area (TPSA) is 72.3 Å². The SMILES string of the molecule is CCOc1cccc([C@H]2CC(c3ccc(C)cc3)=N[C@H](c3cc(OC)ccc3OC)N2)c1O. The van der Waals surface area contributed by atoms with E-state index >= 15 is 0 Å². The minimum absolute atomic E-state index is 0.151. The van der Waals surface area contributed by atoms with Gasteiger partial charge in [-0.05, 0) is 43.7 Å². The molecule has 2 atom stereocenters. The lowest BCUT2D eigenvalue weighted by molar-refractivity contribution is 0.313. The summed E-state index contributed by atoms with van der Waals surface area (Å²) in [5.41, 5.74) is 4.84. The van der Waals surface area contributed by atoms with Gasteiger partial charge in [-0.25, -0.2) is 0 Å². The number of nitrogens with zero attached hydrogens (tertiary/aromatic N) is 1. The molecule has 33 heavy (non-hydrogen) atoms. The number of para-hydroxylation sites is 1. The molecule has 0 bridgehead atoms. The number of nitrogens with one attached hydrogen (secondary N) is 1. The number of aromatic hydroxyl groups is 1. The van der Waals surface area contributed by atoms with E-state index < -0.39 is 0 Å². The fraction of sp³-hybridized carbons (Fsp3) is 0.296. The van der Waals surface area contributed by atoms with Crippen LogP contribution in [0.2, 0.25) is 0 Å². The normalized spacial score (nSPS) is 17.9. The number of phenolic OH excluding ortho intramolecular Hbond substituents is 1. The van der Waals surface area contributed by atoms with E-state index in [4.69, 9.17) is 19.2 Å². The van der Waals surface area contributed by atoms with E-state index in [9.17, 15) is 5.11 Å². The van der Waals surface area contributed by atoms with Crippen molar-refractivity contribution in [3.05, 3.63) is 82.9 Å². The first-order chi connectivity index (χ1) is 16.0. The molecule has 0 saturated heterocycles. The average Bonchev–Trinajstić information content (AvgIpc) is 2.85. The standard InChI is InChI=1S/C27H30N2O4/c1-5-33-25-8-6-7-20(26(25)30)23-16-22(18-11-9-17(2)10-12-18)28-27(29-23)21-15-19(31-3)13-14-24(21)32-4/h6-15,23,27,29-30H,5,16H2,1-4H3/t23-,27+/m1/s1. The maximum Gasteiger partial charge on any atom is 0.162 e. The van der Waals surface area contributed by atoms with Gasteiger partial charge in [-0.2, -0.15) is 0 Å². The Bertz CT molecular complexity index is 1140. The zero-order chi connectivity index (χ0) is 23.4. The van der Waals surface area contributed by atoms with E-state index in [1.54, 1.807) is 20.3 Å². The average molecular weight is 447 g/mol. The van der Waals surface area contributed by atoms with Crippen LogP contribution in [-0.2, 0) is 0 Å². The summed E-state index contributed by atoms with van der Waals surface area (Å²) in [7, 11) is 3.29. The van der Waals surface area contributed by atoms with Gasteiger partial charge in [0.1, 0.15) is 17.7 Å². The van der Waals surface area contributed by atoms with E-state index in [1.165, 1.54) is 5.56 Å². The molecule has 6 heteroatoms. The smallest absolute Gasteiger partial charge is 0.162 e. The Morgan fingerprint density at radius 2 is 1.76 bits per heavy atom. The van der Waals surface area contributed by atoms with E-state index in [2.05, 4.69) is 36.5 Å². The molecule has 0 aliphatic carbocycles. The van der Waals surface area contributed by atoms with Crippen LogP contribution in [0.25, 0.3) is 0 Å². The molecule has 1 aliphatic rings. The van der Waals surface area contributed by atoms with Crippen molar-refractivity contribution >= 4 is 5.71 Å². The van der Waals surface area contributed by atoms with Crippen molar-refractivity contribution in [2.24, 2.45) is 4.99 Å². The van der Waals surface area contributed by atoms with E-state index in [1.807, 2.05) is 37.3 Å². The van der Waals surface area contributed by atoms with Gasteiger partial charge in [-0.1, -0.05) is 42.0 Å². The van der Waals surface area contributed by atoms with Gasteiger partial charge in [-0.15, -0.1) is 0 Å². The summed E-state index contributed by atoms with van der Waals surface area (Å²) in [4.78, 5) is 5.06. The molecule has 4 rings (SSSR count). The van der Waals surface area contributed by atoms with Gasteiger partial charge in [0, 0.05) is 29.3 Å². The van der Waals surface area contributed by atoms with Gasteiger partial charge >= 0.3 is 0 Å². The monoisotopic (exact) mass is 446 g/mol. The number of aliphatic imine (C=N–C) groups is 1. The Morgan fingerprint density at radius 1 is 0.970 bits per heavy atom. The second kappa shape index (κ2) is 9.96. The highest BCUT2D eigenvalue weighted by atomic mass is 16.5. The molecule has 2 N–H and O–H groups in total. The van der Waals surface area contributed by atoms with E-state index in [0.717, 1.165) is 28.2 Å². The maximum absolute atomic E-state index is 11.0. The third-order valence-corrected chi connectivity index (χ3v) is 5.86. The van der Waals surface area contributed by atoms with Gasteiger partial charge in [0.25, 0.3) is 0 Å². The summed E-state index contributed by atoms with van der Waals surface area (Å²) in [5.74, 6) is 2.07. The molecular formula is C27H30N2O4. The van der Waals surface area contributed by atoms with Gasteiger partial charge < -0.3 is 19.3 Å². The number of hydrogen-bond donors (Lipinski definition) is 2. The molecule has 0 radical (unpaired) electrons. The van der Waals surface area contributed by atoms with Crippen molar-refractivity contribution < 1.29 is 19.3 Å². The zero-order valence-electron chi connectivity index (χ0n) is 19.5. The van der Waals surface area contributed by atoms with Crippen LogP contribution in [0.5, 0.6) is 23.0 Å². The molecule has 3 aromatic rings. The molecular weight excluding hydrogens is 416 g/mol. The van der Waals surface area contributed by atoms with E-state index in [0.29, 0.717) is 24.5 Å². The Hall–Kier alpha value is -3.51. The molecule has 6 nitrogen and oxygen atoms in total. The van der Waals surface area contributed by atoms with Crippen LogP contribution in [0.3, 0.4) is 0 Å². The van der Waals surface area contributed by atoms with Crippen LogP contribution in [0.4, 0.5) is 0 Å². The summed E-state index contributed by atoms with van der Waals surface area (Å²) in [6.07, 6.45) is 0.231. The first-order valence-corrected chi connectivity index (χ1v) is 11.1. The Labute approximate surface area is 194 Å². The molecule has 172 valence electrons. The summed E-state index contributed by atoms with van der Waals surface area (Å²) in [6, 6.07) is 19.5. The van der Waals surface area contributed by atoms with Crippen LogP contribution in [0, 0.1) is 6.92 Å². The largest absolute Gasteiger partial charge is 0.504 e. The van der Waals surface area contributed by atoms with Gasteiger partial charge in [-0.3, -0.25) is 10.3 Å². The van der Waals surface area contributed by atoms with Crippen molar-refractivity contribution in [2.75, 3.05) is 20.8 Å². The highest BCUT2D eigenvalue weighted by Crippen LogP contribution is 2.40. The van der Waals surface area contributed by atoms with Crippen LogP contribution in [-0.4, -0.2) is 31.6 Å². The summed E-state index contributed by atoms with van der Waals surface area (Å²) < 4.78 is 16.7. The highest BCUT2D eigenvalue weighted by molar-refractivity contribution is 6.01. The first-order valence-electron chi connectivity index (χ1n) is 11.1. The van der Waals surface area contributed by atoms with Crippen molar-refractivity contribution in [3.8, 4) is 23.0 Å². The molecule has 0 spiro atoms. The molecule has 0 unspecified atom stereocenters. The number of methoxy groups -OCH3 is 2. The fourth-order valence-electron chi connectivity index (χ4n) is 4.13. The molecule has 0 amide bonds. The summed E-state index contributed by atoms with van der Waals surface area (Å²) in [6.45, 7) is 4.45. The predicted molar refractivity (Wildman–Crippen MR) is 130 cm³/mol. The lowest BCUT2D eigenvalue weighted by Crippen LogP contribution is -2.33. The predicted octanol–water partition coefficient (Wildman–Crippen LogP) is 5.34. The number of phenols is 1. The molecule has 1 aliphatic heterocycles. The van der Waals surface area contributed by atoms with Crippen molar-refractivity contribution in [1.82, 2.24) is 5.32 Å². The number of benzene rings is 3. The van der Waals surface area contributed by atoms with Crippen LogP contribution in [0.15, 0.2) is 65.7 Å². The first kappa shape index (κ1) is 22.7. The zero-order valence-corrected chi connectivity index (χ0v) is 19.5. The second-order valence-corrected chi connectivity index (χ2v) is 8.00. The number of aryl methyl sites for hydroxylation is 1. The highest BCUT2D eigenvalue weighted by Gasteiger charge is 2.30. The van der Waals surface area contributed by atoms with Gasteiger partial charge in [0.05, 0.1) is 20.8 Å². The van der Waals surface area contributed by atoms with Crippen molar-refractivity contribution in [1.29, 1.82) is 0 Å². The number of rotatable bonds is 7. The molecule has 0 aromatic heterocycles. The third kappa shape index (κ3) is 4.81. The van der Waals surface area contributed by atoms with Crippen LogP contribution < -0.4 is 19.5 Å². The molecule has 1 heterocycles. The number of ether oxygens (including phenoxy) is 3. The minimum Gasteiger partial charge on any atom is -0.504 e. The van der Waals surface area contributed by atoms with Crippen LogP contribution in [0.1, 0.15) is 47.8 Å². The van der Waals surface area contributed by atoms with E-state index in [-0.39, 0.29) is 18.0 Å². The van der Waals surface area contributed by atoms with Crippen molar-refractivity contribution in [2.45, 2.75) is 32.5 Å². The third-order valence-electron chi connectivity index (χ3n) is 5.86. The minimum atomic E-state index is -0.389. The van der Waals surface area contributed by atoms with Gasteiger partial charge in [0.15, 0.2) is 11.5 Å². The lowest BCUT2D eigenvalue weighted by atomic mass is 9.93. The Balaban J connectivity index is 1.80. The quantitative estimate of drug-likeness (QED) is 0.513. The molecule has 0 fully saturated rings. The lowest BCUT2D eigenvalue weighted by Gasteiger charge is -2.32. The number of hydrogen-bond acceptors (Lipinski definition) is 6. The summed E-state index contributed by atoms with van der Waals surface area (Å²) in [5, 5.41) is 14.6. The second-order valence-electron chi connectivity index (χ2n) is 8.00. The van der Waals surface area contributed by atoms with Crippen molar-refractivity contribution in [3.63, 3.8) is 0 Å². The summed E-state index contributed by atoms with van der Waals surface area (Å²) >= 11 is 0. The Morgan fingerprint density at radius 3 is 2.45 bits per heavy atom. The fourth-order valence-corrected chi connectivity index (χ4v) is 4.13. The molecule has 3 aromatic carbocycles. The van der Waals surface area contributed by atoms with Crippen LogP contribution >= 0.6 is 0 Å². The van der Waals surface area contributed by atoms with Gasteiger partial charge in [0.2, 0.25) is 0 Å². The molecule has 0 saturated carbocycles. The Kier molecular flexibility index (Phi) is 6.84.